The van der Waals surface area contributed by atoms with Gasteiger partial charge in [0.05, 0.1) is 30.9 Å². The number of anilines is 4. The Kier molecular flexibility index (Phi) is 3.51. The van der Waals surface area contributed by atoms with Crippen LogP contribution >= 0.6 is 0 Å². The summed E-state index contributed by atoms with van der Waals surface area (Å²) in [5.74, 6) is 0.104. The predicted molar refractivity (Wildman–Crippen MR) is 113 cm³/mol. The van der Waals surface area contributed by atoms with Crippen LogP contribution in [-0.4, -0.2) is 34.6 Å². The molecule has 2 aromatic carbocycles. The van der Waals surface area contributed by atoms with Crippen LogP contribution in [0.5, 0.6) is 5.75 Å². The van der Waals surface area contributed by atoms with E-state index in [1.807, 2.05) is 42.6 Å². The Morgan fingerprint density at radius 3 is 2.34 bits per heavy atom. The van der Waals surface area contributed by atoms with Crippen molar-refractivity contribution in [1.82, 2.24) is 9.78 Å². The van der Waals surface area contributed by atoms with Gasteiger partial charge in [0.2, 0.25) is 5.79 Å². The molecule has 0 bridgehead atoms. The van der Waals surface area contributed by atoms with E-state index in [-0.39, 0.29) is 0 Å². The van der Waals surface area contributed by atoms with Crippen LogP contribution in [0.25, 0.3) is 5.69 Å². The van der Waals surface area contributed by atoms with E-state index in [4.69, 9.17) is 21.9 Å². The fraction of sp³-hybridized carbons (Fsp3) is 0.158. The number of nitrogens with one attached hydrogen (secondary N) is 2. The highest BCUT2D eigenvalue weighted by molar-refractivity contribution is 5.89. The van der Waals surface area contributed by atoms with E-state index < -0.39 is 11.4 Å². The topological polar surface area (TPSA) is 145 Å². The van der Waals surface area contributed by atoms with Gasteiger partial charge in [-0.05, 0) is 48.5 Å². The Morgan fingerprint density at radius 2 is 1.66 bits per heavy atom. The molecular weight excluding hydrogens is 370 g/mol. The van der Waals surface area contributed by atoms with Crippen LogP contribution in [0.3, 0.4) is 0 Å². The molecule has 0 radical (unpaired) electrons. The SMILES string of the molecule is COc1ccc(-n2cc3c(n2)NC2(N)C=NN(c4ccc(N)cc4)C2(N)N3)cc1. The molecule has 0 amide bonds. The van der Waals surface area contributed by atoms with Crippen LogP contribution in [0.4, 0.5) is 22.9 Å². The van der Waals surface area contributed by atoms with Crippen LogP contribution < -0.4 is 37.6 Å². The molecule has 3 aromatic rings. The first kappa shape index (κ1) is 17.3. The molecule has 10 heteroatoms. The molecular formula is C19H21N9O. The molecule has 0 aliphatic carbocycles. The molecule has 2 atom stereocenters. The number of rotatable bonds is 3. The van der Waals surface area contributed by atoms with Crippen molar-refractivity contribution >= 4 is 29.1 Å². The maximum absolute atomic E-state index is 6.73. The van der Waals surface area contributed by atoms with E-state index in [1.54, 1.807) is 35.1 Å². The highest BCUT2D eigenvalue weighted by Crippen LogP contribution is 2.40. The number of nitrogens with two attached hydrogens (primary N) is 3. The quantitative estimate of drug-likeness (QED) is 0.417. The molecule has 0 saturated heterocycles. The van der Waals surface area contributed by atoms with Crippen molar-refractivity contribution in [3.63, 3.8) is 0 Å². The van der Waals surface area contributed by atoms with Crippen LogP contribution in [0, 0.1) is 0 Å². The van der Waals surface area contributed by atoms with Gasteiger partial charge in [-0.2, -0.15) is 5.10 Å². The van der Waals surface area contributed by atoms with Gasteiger partial charge >= 0.3 is 0 Å². The van der Waals surface area contributed by atoms with E-state index in [0.717, 1.165) is 17.1 Å². The van der Waals surface area contributed by atoms with Crippen LogP contribution in [0.15, 0.2) is 59.8 Å². The van der Waals surface area contributed by atoms with E-state index in [1.165, 1.54) is 0 Å². The zero-order valence-electron chi connectivity index (χ0n) is 15.7. The lowest BCUT2D eigenvalue weighted by Gasteiger charge is -2.47. The van der Waals surface area contributed by atoms with Crippen molar-refractivity contribution in [3.8, 4) is 11.4 Å². The molecule has 0 spiro atoms. The average Bonchev–Trinajstić information content (AvgIpc) is 3.23. The van der Waals surface area contributed by atoms with Crippen molar-refractivity contribution in [2.75, 3.05) is 28.5 Å². The first-order chi connectivity index (χ1) is 13.9. The minimum absolute atomic E-state index is 0.579. The number of hydrogen-bond donors (Lipinski definition) is 5. The Morgan fingerprint density at radius 1 is 0.966 bits per heavy atom. The highest BCUT2D eigenvalue weighted by atomic mass is 16.5. The molecule has 8 N–H and O–H groups in total. The number of nitrogens with zero attached hydrogens (tertiary/aromatic N) is 4. The average molecular weight is 391 g/mol. The number of nitrogen functional groups attached to an aromatic ring is 1. The zero-order valence-corrected chi connectivity index (χ0v) is 15.7. The second-order valence-electron chi connectivity index (χ2n) is 7.07. The zero-order chi connectivity index (χ0) is 20.2. The standard InChI is InChI=1S/C19H21N9O/c1-29-15-8-6-13(7-9-15)27-10-16-17(26-27)25-18(21)11-23-28(19(18,22)24-16)14-4-2-12(20)3-5-14/h2-11,24H,20-22H2,1H3,(H,25,26). The molecule has 2 aliphatic heterocycles. The molecule has 10 nitrogen and oxygen atoms in total. The Hall–Kier alpha value is -3.76. The molecule has 1 aromatic heterocycles. The van der Waals surface area contributed by atoms with Crippen LogP contribution in [0.1, 0.15) is 0 Å². The lowest BCUT2D eigenvalue weighted by atomic mass is 10.0. The first-order valence-electron chi connectivity index (χ1n) is 9.01. The fourth-order valence-corrected chi connectivity index (χ4v) is 3.51. The monoisotopic (exact) mass is 391 g/mol. The summed E-state index contributed by atoms with van der Waals surface area (Å²) in [5, 5.41) is 17.2. The van der Waals surface area contributed by atoms with Crippen LogP contribution in [-0.2, 0) is 0 Å². The lowest BCUT2D eigenvalue weighted by Crippen LogP contribution is -2.79. The van der Waals surface area contributed by atoms with Gasteiger partial charge in [-0.15, -0.1) is 5.10 Å². The number of methoxy groups -OCH3 is 1. The number of hydrazone groups is 1. The number of ether oxygens (including phenoxy) is 1. The van der Waals surface area contributed by atoms with E-state index in [2.05, 4.69) is 20.8 Å². The second-order valence-corrected chi connectivity index (χ2v) is 7.07. The number of fused-ring (bicyclic) bond motifs is 2. The third-order valence-electron chi connectivity index (χ3n) is 5.18. The number of aromatic nitrogens is 2. The molecule has 3 heterocycles. The normalized spacial score (nSPS) is 24.4. The van der Waals surface area contributed by atoms with Gasteiger partial charge < -0.3 is 21.1 Å². The molecule has 5 rings (SSSR count). The Labute approximate surface area is 166 Å². The van der Waals surface area contributed by atoms with Crippen molar-refractivity contribution < 1.29 is 4.74 Å². The Bertz CT molecular complexity index is 1090. The van der Waals surface area contributed by atoms with Gasteiger partial charge in [-0.25, -0.2) is 9.69 Å². The van der Waals surface area contributed by atoms with Gasteiger partial charge in [0.15, 0.2) is 11.5 Å². The summed E-state index contributed by atoms with van der Waals surface area (Å²) in [5.41, 5.74) is 20.9. The maximum atomic E-state index is 6.73. The summed E-state index contributed by atoms with van der Waals surface area (Å²) >= 11 is 0. The molecule has 0 fully saturated rings. The highest BCUT2D eigenvalue weighted by Gasteiger charge is 2.58. The van der Waals surface area contributed by atoms with Crippen molar-refractivity contribution in [2.24, 2.45) is 16.6 Å². The van der Waals surface area contributed by atoms with Crippen molar-refractivity contribution in [2.45, 2.75) is 11.4 Å². The molecule has 29 heavy (non-hydrogen) atoms. The van der Waals surface area contributed by atoms with E-state index in [9.17, 15) is 0 Å². The van der Waals surface area contributed by atoms with Crippen molar-refractivity contribution in [3.05, 3.63) is 54.7 Å². The van der Waals surface area contributed by atoms with Gasteiger partial charge in [-0.1, -0.05) is 0 Å². The molecule has 148 valence electrons. The van der Waals surface area contributed by atoms with Gasteiger partial charge in [-0.3, -0.25) is 11.5 Å². The Balaban J connectivity index is 1.51. The van der Waals surface area contributed by atoms with Crippen LogP contribution in [0.2, 0.25) is 0 Å². The summed E-state index contributed by atoms with van der Waals surface area (Å²) in [6.45, 7) is 0. The first-order valence-corrected chi connectivity index (χ1v) is 9.01. The number of benzene rings is 2. The van der Waals surface area contributed by atoms with E-state index >= 15 is 0 Å². The number of hydrogen-bond acceptors (Lipinski definition) is 9. The van der Waals surface area contributed by atoms with Gasteiger partial charge in [0, 0.05) is 5.69 Å². The van der Waals surface area contributed by atoms with Gasteiger partial charge in [0.25, 0.3) is 0 Å². The lowest BCUT2D eigenvalue weighted by molar-refractivity contribution is 0.367. The van der Waals surface area contributed by atoms with Gasteiger partial charge in [0.1, 0.15) is 11.4 Å². The minimum atomic E-state index is -1.25. The maximum Gasteiger partial charge on any atom is 0.227 e. The summed E-state index contributed by atoms with van der Waals surface area (Å²) in [4.78, 5) is 0. The fourth-order valence-electron chi connectivity index (χ4n) is 3.51. The third kappa shape index (κ3) is 2.50. The second kappa shape index (κ2) is 5.87. The molecule has 2 aliphatic rings. The molecule has 0 saturated carbocycles. The molecule has 2 unspecified atom stereocenters. The smallest absolute Gasteiger partial charge is 0.227 e. The van der Waals surface area contributed by atoms with Crippen molar-refractivity contribution in [1.29, 1.82) is 0 Å². The minimum Gasteiger partial charge on any atom is -0.497 e. The summed E-state index contributed by atoms with van der Waals surface area (Å²) in [6, 6.07) is 14.8. The summed E-state index contributed by atoms with van der Waals surface area (Å²) in [7, 11) is 1.63. The largest absolute Gasteiger partial charge is 0.497 e. The summed E-state index contributed by atoms with van der Waals surface area (Å²) < 4.78 is 6.95. The van der Waals surface area contributed by atoms with E-state index in [0.29, 0.717) is 17.2 Å². The third-order valence-corrected chi connectivity index (χ3v) is 5.18. The predicted octanol–water partition coefficient (Wildman–Crippen LogP) is 1.07. The summed E-state index contributed by atoms with van der Waals surface area (Å²) in [6.07, 6.45) is 3.42.